The number of fused-ring (bicyclic) bond motifs is 5. The largest absolute Gasteiger partial charge is 0.362 e. The van der Waals surface area contributed by atoms with Crippen LogP contribution < -0.4 is 4.90 Å². The third-order valence-electron chi connectivity index (χ3n) is 4.74. The van der Waals surface area contributed by atoms with Gasteiger partial charge >= 0.3 is 0 Å². The Bertz CT molecular complexity index is 713. The monoisotopic (exact) mass is 303 g/mol. The molecule has 108 valence electrons. The third-order valence-corrected chi connectivity index (χ3v) is 4.98. The molecule has 21 heavy (non-hydrogen) atoms. The van der Waals surface area contributed by atoms with Crippen molar-refractivity contribution in [1.29, 1.82) is 0 Å². The lowest BCUT2D eigenvalue weighted by atomic mass is 9.78. The Hall–Kier alpha value is -1.65. The first-order valence-electron chi connectivity index (χ1n) is 6.93. The lowest BCUT2D eigenvalue weighted by Crippen LogP contribution is -2.38. The number of carbonyl (C=O) groups is 2. The number of imide groups is 1. The number of amides is 2. The molecule has 1 aromatic carbocycles. The Morgan fingerprint density at radius 1 is 1.29 bits per heavy atom. The molecular weight excluding hydrogens is 290 g/mol. The highest BCUT2D eigenvalue weighted by Gasteiger charge is 2.66. The van der Waals surface area contributed by atoms with Gasteiger partial charge in [-0.3, -0.25) is 9.59 Å². The van der Waals surface area contributed by atoms with Gasteiger partial charge in [0.2, 0.25) is 11.8 Å². The van der Waals surface area contributed by atoms with Gasteiger partial charge in [0.25, 0.3) is 0 Å². The van der Waals surface area contributed by atoms with Crippen LogP contribution in [-0.2, 0) is 14.3 Å². The molecule has 2 bridgehead atoms. The summed E-state index contributed by atoms with van der Waals surface area (Å²) in [6.07, 6.45) is 3.50. The van der Waals surface area contributed by atoms with Crippen molar-refractivity contribution in [2.75, 3.05) is 4.90 Å². The number of benzene rings is 1. The van der Waals surface area contributed by atoms with Gasteiger partial charge in [0.1, 0.15) is 0 Å². The number of rotatable bonds is 1. The van der Waals surface area contributed by atoms with Crippen molar-refractivity contribution in [2.45, 2.75) is 25.6 Å². The summed E-state index contributed by atoms with van der Waals surface area (Å²) in [5.41, 5.74) is 0.769. The number of halogens is 1. The minimum absolute atomic E-state index is 0.187. The quantitative estimate of drug-likeness (QED) is 0.591. The molecule has 0 saturated carbocycles. The predicted molar refractivity (Wildman–Crippen MR) is 78.1 cm³/mol. The van der Waals surface area contributed by atoms with Gasteiger partial charge in [0.15, 0.2) is 0 Å². The molecule has 3 heterocycles. The maximum absolute atomic E-state index is 12.8. The number of ether oxygens (including phenoxy) is 1. The molecule has 0 radical (unpaired) electrons. The number of nitrogens with zero attached hydrogens (tertiary/aromatic N) is 1. The van der Waals surface area contributed by atoms with Crippen molar-refractivity contribution in [3.63, 3.8) is 0 Å². The molecule has 5 heteroatoms. The molecule has 1 aromatic rings. The average molecular weight is 304 g/mol. The number of aryl methyl sites for hydroxylation is 1. The predicted octanol–water partition coefficient (Wildman–Crippen LogP) is 2.48. The Labute approximate surface area is 127 Å². The van der Waals surface area contributed by atoms with Gasteiger partial charge < -0.3 is 4.74 Å². The zero-order valence-electron chi connectivity index (χ0n) is 11.7. The van der Waals surface area contributed by atoms with Crippen molar-refractivity contribution >= 4 is 29.1 Å². The molecule has 4 atom stereocenters. The van der Waals surface area contributed by atoms with E-state index in [9.17, 15) is 9.59 Å². The standard InChI is InChI=1S/C16H14ClNO3/c1-8-3-4-9(17)7-10(8)18-14(19)12-11-5-6-16(2,21-11)13(12)15(18)20/h3-7,11-13H,1-2H3/t11-,12-,13-,16+/m0/s1. The summed E-state index contributed by atoms with van der Waals surface area (Å²) in [5.74, 6) is -1.22. The van der Waals surface area contributed by atoms with Crippen LogP contribution in [0.5, 0.6) is 0 Å². The summed E-state index contributed by atoms with van der Waals surface area (Å²) >= 11 is 6.02. The molecule has 2 saturated heterocycles. The minimum atomic E-state index is -0.663. The molecule has 4 nitrogen and oxygen atoms in total. The van der Waals surface area contributed by atoms with Gasteiger partial charge in [-0.25, -0.2) is 4.90 Å². The summed E-state index contributed by atoms with van der Waals surface area (Å²) in [6, 6.07) is 5.24. The summed E-state index contributed by atoms with van der Waals surface area (Å²) in [6.45, 7) is 3.74. The lowest BCUT2D eigenvalue weighted by Gasteiger charge is -2.24. The lowest BCUT2D eigenvalue weighted by molar-refractivity contribution is -0.126. The molecule has 2 fully saturated rings. The van der Waals surface area contributed by atoms with Crippen LogP contribution in [0.1, 0.15) is 12.5 Å². The molecule has 0 aliphatic carbocycles. The zero-order valence-corrected chi connectivity index (χ0v) is 12.4. The minimum Gasteiger partial charge on any atom is -0.362 e. The van der Waals surface area contributed by atoms with Gasteiger partial charge in [-0.2, -0.15) is 0 Å². The fraction of sp³-hybridized carbons (Fsp3) is 0.375. The van der Waals surface area contributed by atoms with E-state index >= 15 is 0 Å². The molecular formula is C16H14ClNO3. The van der Waals surface area contributed by atoms with Gasteiger partial charge in [-0.05, 0) is 31.5 Å². The van der Waals surface area contributed by atoms with Crippen LogP contribution in [0.4, 0.5) is 5.69 Å². The van der Waals surface area contributed by atoms with Gasteiger partial charge in [-0.1, -0.05) is 29.8 Å². The summed E-state index contributed by atoms with van der Waals surface area (Å²) in [5, 5.41) is 0.511. The van der Waals surface area contributed by atoms with Crippen LogP contribution in [0.15, 0.2) is 30.4 Å². The Morgan fingerprint density at radius 2 is 2.05 bits per heavy atom. The first kappa shape index (κ1) is 13.0. The normalized spacial score (nSPS) is 36.7. The zero-order chi connectivity index (χ0) is 14.9. The average Bonchev–Trinajstić information content (AvgIpc) is 3.03. The second kappa shape index (κ2) is 3.96. The molecule has 0 N–H and O–H groups in total. The van der Waals surface area contributed by atoms with Crippen LogP contribution in [-0.4, -0.2) is 23.5 Å². The SMILES string of the molecule is Cc1ccc(Cl)cc1N1C(=O)[C@H]2[C@@H]3C=C[C@@](C)(O3)[C@@H]2C1=O. The number of anilines is 1. The number of carbonyl (C=O) groups excluding carboxylic acids is 2. The van der Waals surface area contributed by atoms with E-state index in [-0.39, 0.29) is 17.9 Å². The molecule has 0 spiro atoms. The van der Waals surface area contributed by atoms with E-state index in [0.29, 0.717) is 10.7 Å². The van der Waals surface area contributed by atoms with E-state index in [1.54, 1.807) is 12.1 Å². The van der Waals surface area contributed by atoms with E-state index < -0.39 is 17.4 Å². The fourth-order valence-electron chi connectivity index (χ4n) is 3.71. The first-order valence-corrected chi connectivity index (χ1v) is 7.31. The maximum atomic E-state index is 12.8. The van der Waals surface area contributed by atoms with Crippen molar-refractivity contribution in [1.82, 2.24) is 0 Å². The topological polar surface area (TPSA) is 46.6 Å². The molecule has 0 aromatic heterocycles. The van der Waals surface area contributed by atoms with E-state index in [0.717, 1.165) is 5.56 Å². The van der Waals surface area contributed by atoms with Crippen LogP contribution in [0.25, 0.3) is 0 Å². The van der Waals surface area contributed by atoms with Crippen LogP contribution in [0.3, 0.4) is 0 Å². The van der Waals surface area contributed by atoms with Crippen molar-refractivity contribution in [3.8, 4) is 0 Å². The Morgan fingerprint density at radius 3 is 2.76 bits per heavy atom. The van der Waals surface area contributed by atoms with Crippen LogP contribution in [0.2, 0.25) is 5.02 Å². The highest BCUT2D eigenvalue weighted by molar-refractivity contribution is 6.31. The highest BCUT2D eigenvalue weighted by Crippen LogP contribution is 2.52. The maximum Gasteiger partial charge on any atom is 0.241 e. The molecule has 3 aliphatic heterocycles. The van der Waals surface area contributed by atoms with E-state index in [2.05, 4.69) is 0 Å². The van der Waals surface area contributed by atoms with Gasteiger partial charge in [0, 0.05) is 5.02 Å². The van der Waals surface area contributed by atoms with E-state index in [1.165, 1.54) is 4.90 Å². The first-order chi connectivity index (χ1) is 9.92. The van der Waals surface area contributed by atoms with Crippen molar-refractivity contribution < 1.29 is 14.3 Å². The Kier molecular flexibility index (Phi) is 2.46. The number of hydrogen-bond acceptors (Lipinski definition) is 3. The molecule has 2 amide bonds. The van der Waals surface area contributed by atoms with Gasteiger partial charge in [-0.15, -0.1) is 0 Å². The van der Waals surface area contributed by atoms with Crippen molar-refractivity contribution in [3.05, 3.63) is 40.9 Å². The highest BCUT2D eigenvalue weighted by atomic mass is 35.5. The van der Waals surface area contributed by atoms with E-state index in [1.807, 2.05) is 32.1 Å². The van der Waals surface area contributed by atoms with Crippen molar-refractivity contribution in [2.24, 2.45) is 11.8 Å². The summed E-state index contributed by atoms with van der Waals surface area (Å²) in [7, 11) is 0. The molecule has 0 unspecified atom stereocenters. The number of hydrogen-bond donors (Lipinski definition) is 0. The summed E-state index contributed by atoms with van der Waals surface area (Å²) in [4.78, 5) is 26.8. The molecule has 4 rings (SSSR count). The Balaban J connectivity index is 1.82. The second-order valence-electron chi connectivity index (χ2n) is 6.07. The van der Waals surface area contributed by atoms with E-state index in [4.69, 9.17) is 16.3 Å². The smallest absolute Gasteiger partial charge is 0.241 e. The van der Waals surface area contributed by atoms with Crippen LogP contribution >= 0.6 is 11.6 Å². The summed E-state index contributed by atoms with van der Waals surface area (Å²) < 4.78 is 5.80. The second-order valence-corrected chi connectivity index (χ2v) is 6.51. The molecule has 3 aliphatic rings. The third kappa shape index (κ3) is 1.54. The van der Waals surface area contributed by atoms with Crippen LogP contribution in [0, 0.1) is 18.8 Å². The van der Waals surface area contributed by atoms with Gasteiger partial charge in [0.05, 0.1) is 29.2 Å². The fourth-order valence-corrected chi connectivity index (χ4v) is 3.88.